The van der Waals surface area contributed by atoms with Crippen molar-refractivity contribution in [3.63, 3.8) is 0 Å². The molecule has 2 aromatic rings. The zero-order chi connectivity index (χ0) is 21.7. The van der Waals surface area contributed by atoms with Crippen molar-refractivity contribution < 1.29 is 28.3 Å². The van der Waals surface area contributed by atoms with Crippen LogP contribution in [0.15, 0.2) is 41.0 Å². The predicted molar refractivity (Wildman–Crippen MR) is 108 cm³/mol. The Kier molecular flexibility index (Phi) is 6.61. The van der Waals surface area contributed by atoms with Crippen LogP contribution in [0.1, 0.15) is 19.1 Å². The quantitative estimate of drug-likeness (QED) is 0.676. The highest BCUT2D eigenvalue weighted by atomic mass is 16.5. The fraction of sp³-hybridized carbons (Fsp3) is 0.381. The lowest BCUT2D eigenvalue weighted by Gasteiger charge is -2.20. The van der Waals surface area contributed by atoms with Crippen LogP contribution in [0, 0.1) is 5.92 Å². The number of benzene rings is 1. The lowest BCUT2D eigenvalue weighted by molar-refractivity contribution is -0.131. The second-order valence-corrected chi connectivity index (χ2v) is 6.97. The molecule has 1 aliphatic heterocycles. The second kappa shape index (κ2) is 9.34. The standard InChI is InChI=1S/C21H25N3O6/c1-13(20(26)22-11-16-5-4-8-30-16)23-21(27)14-9-19(25)24(12-14)17-7-6-15(28-2)10-18(17)29-3/h4-8,10,13-14H,9,11-12H2,1-3H3,(H,22,26)(H,23,27). The third-order valence-corrected chi connectivity index (χ3v) is 4.94. The molecule has 30 heavy (non-hydrogen) atoms. The normalized spacial score (nSPS) is 16.8. The number of carbonyl (C=O) groups excluding carboxylic acids is 3. The molecule has 2 atom stereocenters. The monoisotopic (exact) mass is 415 g/mol. The maximum atomic E-state index is 12.6. The number of hydrogen-bond acceptors (Lipinski definition) is 6. The van der Waals surface area contributed by atoms with Gasteiger partial charge in [0.15, 0.2) is 0 Å². The first-order chi connectivity index (χ1) is 14.4. The number of furan rings is 1. The highest BCUT2D eigenvalue weighted by Gasteiger charge is 2.37. The van der Waals surface area contributed by atoms with Crippen LogP contribution in [-0.4, -0.2) is 44.5 Å². The Morgan fingerprint density at radius 2 is 2.07 bits per heavy atom. The highest BCUT2D eigenvalue weighted by molar-refractivity contribution is 6.02. The summed E-state index contributed by atoms with van der Waals surface area (Å²) in [4.78, 5) is 38.9. The molecule has 3 amide bonds. The molecule has 0 bridgehead atoms. The first kappa shape index (κ1) is 21.2. The molecule has 2 heterocycles. The molecule has 2 unspecified atom stereocenters. The summed E-state index contributed by atoms with van der Waals surface area (Å²) in [5.41, 5.74) is 0.572. The van der Waals surface area contributed by atoms with Crippen molar-refractivity contribution in [2.75, 3.05) is 25.7 Å². The minimum absolute atomic E-state index is 0.0573. The van der Waals surface area contributed by atoms with Gasteiger partial charge in [0.1, 0.15) is 23.3 Å². The summed E-state index contributed by atoms with van der Waals surface area (Å²) in [6.45, 7) is 2.03. The number of nitrogens with zero attached hydrogens (tertiary/aromatic N) is 1. The minimum atomic E-state index is -0.743. The molecule has 1 aromatic heterocycles. The van der Waals surface area contributed by atoms with Crippen LogP contribution < -0.4 is 25.0 Å². The molecule has 0 aliphatic carbocycles. The summed E-state index contributed by atoms with van der Waals surface area (Å²) in [5, 5.41) is 5.38. The Morgan fingerprint density at radius 3 is 2.73 bits per heavy atom. The van der Waals surface area contributed by atoms with Crippen LogP contribution in [0.25, 0.3) is 0 Å². The Hall–Kier alpha value is -3.49. The molecule has 1 aliphatic rings. The molecular formula is C21H25N3O6. The summed E-state index contributed by atoms with van der Waals surface area (Å²) in [6.07, 6.45) is 1.58. The van der Waals surface area contributed by atoms with Crippen molar-refractivity contribution in [2.24, 2.45) is 5.92 Å². The molecule has 0 radical (unpaired) electrons. The summed E-state index contributed by atoms with van der Waals surface area (Å²) < 4.78 is 15.7. The van der Waals surface area contributed by atoms with Gasteiger partial charge in [-0.05, 0) is 31.2 Å². The third kappa shape index (κ3) is 4.73. The molecule has 3 rings (SSSR count). The fourth-order valence-electron chi connectivity index (χ4n) is 3.26. The van der Waals surface area contributed by atoms with E-state index in [-0.39, 0.29) is 37.2 Å². The van der Waals surface area contributed by atoms with E-state index in [0.29, 0.717) is 22.9 Å². The number of carbonyl (C=O) groups is 3. The number of hydrogen-bond donors (Lipinski definition) is 2. The maximum absolute atomic E-state index is 12.6. The van der Waals surface area contributed by atoms with E-state index in [0.717, 1.165) is 0 Å². The summed E-state index contributed by atoms with van der Waals surface area (Å²) in [7, 11) is 3.05. The van der Waals surface area contributed by atoms with Crippen LogP contribution in [0.2, 0.25) is 0 Å². The molecule has 0 saturated carbocycles. The van der Waals surface area contributed by atoms with Crippen LogP contribution in [0.4, 0.5) is 5.69 Å². The zero-order valence-corrected chi connectivity index (χ0v) is 17.1. The Labute approximate surface area is 174 Å². The van der Waals surface area contributed by atoms with E-state index in [1.54, 1.807) is 44.4 Å². The van der Waals surface area contributed by atoms with Crippen LogP contribution in [0.5, 0.6) is 11.5 Å². The van der Waals surface area contributed by atoms with Gasteiger partial charge in [-0.25, -0.2) is 0 Å². The number of amides is 3. The van der Waals surface area contributed by atoms with Crippen molar-refractivity contribution in [2.45, 2.75) is 25.9 Å². The second-order valence-electron chi connectivity index (χ2n) is 6.97. The van der Waals surface area contributed by atoms with Crippen molar-refractivity contribution in [1.29, 1.82) is 0 Å². The zero-order valence-electron chi connectivity index (χ0n) is 17.1. The van der Waals surface area contributed by atoms with Crippen molar-refractivity contribution >= 4 is 23.4 Å². The Bertz CT molecular complexity index is 911. The summed E-state index contributed by atoms with van der Waals surface area (Å²) in [6, 6.07) is 7.86. The first-order valence-electron chi connectivity index (χ1n) is 9.55. The van der Waals surface area contributed by atoms with Gasteiger partial charge in [-0.15, -0.1) is 0 Å². The minimum Gasteiger partial charge on any atom is -0.497 e. The van der Waals surface area contributed by atoms with Gasteiger partial charge in [-0.3, -0.25) is 14.4 Å². The molecule has 2 N–H and O–H groups in total. The molecule has 9 heteroatoms. The first-order valence-corrected chi connectivity index (χ1v) is 9.55. The van der Waals surface area contributed by atoms with Crippen molar-refractivity contribution in [3.05, 3.63) is 42.4 Å². The van der Waals surface area contributed by atoms with E-state index in [4.69, 9.17) is 13.9 Å². The Balaban J connectivity index is 1.59. The lowest BCUT2D eigenvalue weighted by atomic mass is 10.1. The van der Waals surface area contributed by atoms with E-state index in [9.17, 15) is 14.4 Å². The summed E-state index contributed by atoms with van der Waals surface area (Å²) >= 11 is 0. The van der Waals surface area contributed by atoms with Gasteiger partial charge in [0.05, 0.1) is 38.6 Å². The highest BCUT2D eigenvalue weighted by Crippen LogP contribution is 2.35. The largest absolute Gasteiger partial charge is 0.497 e. The third-order valence-electron chi connectivity index (χ3n) is 4.94. The lowest BCUT2D eigenvalue weighted by Crippen LogP contribution is -2.46. The van der Waals surface area contributed by atoms with Gasteiger partial charge in [0, 0.05) is 19.0 Å². The molecule has 1 fully saturated rings. The van der Waals surface area contributed by atoms with E-state index in [2.05, 4.69) is 10.6 Å². The molecule has 9 nitrogen and oxygen atoms in total. The van der Waals surface area contributed by atoms with Gasteiger partial charge in [0.25, 0.3) is 0 Å². The van der Waals surface area contributed by atoms with Gasteiger partial charge < -0.3 is 29.4 Å². The topological polar surface area (TPSA) is 110 Å². The van der Waals surface area contributed by atoms with E-state index in [1.807, 2.05) is 0 Å². The molecule has 160 valence electrons. The molecule has 1 saturated heterocycles. The number of methoxy groups -OCH3 is 2. The smallest absolute Gasteiger partial charge is 0.242 e. The van der Waals surface area contributed by atoms with Crippen molar-refractivity contribution in [1.82, 2.24) is 10.6 Å². The average molecular weight is 415 g/mol. The van der Waals surface area contributed by atoms with Crippen LogP contribution in [0.3, 0.4) is 0 Å². The van der Waals surface area contributed by atoms with Gasteiger partial charge >= 0.3 is 0 Å². The molecular weight excluding hydrogens is 390 g/mol. The predicted octanol–water partition coefficient (Wildman–Crippen LogP) is 1.47. The number of ether oxygens (including phenoxy) is 2. The fourth-order valence-corrected chi connectivity index (χ4v) is 3.26. The number of rotatable bonds is 8. The van der Waals surface area contributed by atoms with Gasteiger partial charge in [-0.1, -0.05) is 0 Å². The average Bonchev–Trinajstić information content (AvgIpc) is 3.41. The van der Waals surface area contributed by atoms with Crippen molar-refractivity contribution in [3.8, 4) is 11.5 Å². The number of anilines is 1. The van der Waals surface area contributed by atoms with E-state index in [1.165, 1.54) is 18.3 Å². The maximum Gasteiger partial charge on any atom is 0.242 e. The SMILES string of the molecule is COc1ccc(N2CC(C(=O)NC(C)C(=O)NCc3ccco3)CC2=O)c(OC)c1. The van der Waals surface area contributed by atoms with Crippen LogP contribution >= 0.6 is 0 Å². The van der Waals surface area contributed by atoms with Gasteiger partial charge in [0.2, 0.25) is 17.7 Å². The summed E-state index contributed by atoms with van der Waals surface area (Å²) in [5.74, 6) is 0.266. The molecule has 0 spiro atoms. The van der Waals surface area contributed by atoms with E-state index < -0.39 is 12.0 Å². The number of nitrogens with one attached hydrogen (secondary N) is 2. The molecule has 1 aromatic carbocycles. The van der Waals surface area contributed by atoms with E-state index >= 15 is 0 Å². The van der Waals surface area contributed by atoms with Gasteiger partial charge in [-0.2, -0.15) is 0 Å². The Morgan fingerprint density at radius 1 is 1.27 bits per heavy atom. The van der Waals surface area contributed by atoms with Crippen LogP contribution in [-0.2, 0) is 20.9 Å².